The van der Waals surface area contributed by atoms with Crippen molar-refractivity contribution in [2.75, 3.05) is 19.8 Å². The molecule has 0 spiro atoms. The van der Waals surface area contributed by atoms with Gasteiger partial charge in [0.1, 0.15) is 23.9 Å². The first kappa shape index (κ1) is 47.7. The lowest BCUT2D eigenvalue weighted by Crippen LogP contribution is -2.58. The highest BCUT2D eigenvalue weighted by Gasteiger charge is 2.36. The fourth-order valence-electron chi connectivity index (χ4n) is 7.44. The Hall–Kier alpha value is -4.69. The number of benzene rings is 1. The van der Waals surface area contributed by atoms with Crippen LogP contribution in [0.2, 0.25) is 0 Å². The van der Waals surface area contributed by atoms with Crippen LogP contribution in [0.5, 0.6) is 5.75 Å². The van der Waals surface area contributed by atoms with E-state index >= 15 is 0 Å². The van der Waals surface area contributed by atoms with Crippen molar-refractivity contribution in [3.05, 3.63) is 29.8 Å². The van der Waals surface area contributed by atoms with Crippen LogP contribution in [-0.4, -0.2) is 85.3 Å². The number of ether oxygens (including phenoxy) is 2. The summed E-state index contributed by atoms with van der Waals surface area (Å²) in [5.74, 6) is -3.73. The number of carbonyl (C=O) groups excluding carboxylic acids is 7. The van der Waals surface area contributed by atoms with Gasteiger partial charge in [-0.3, -0.25) is 28.8 Å². The third-order valence-corrected chi connectivity index (χ3v) is 10.5. The van der Waals surface area contributed by atoms with E-state index in [9.17, 15) is 33.6 Å². The van der Waals surface area contributed by atoms with E-state index in [1.807, 2.05) is 34.6 Å². The average molecular weight is 813 g/mol. The smallest absolute Gasteiger partial charge is 0.407 e. The van der Waals surface area contributed by atoms with Crippen LogP contribution < -0.4 is 36.6 Å². The third-order valence-electron chi connectivity index (χ3n) is 10.5. The minimum absolute atomic E-state index is 0.00631. The van der Waals surface area contributed by atoms with Gasteiger partial charge in [0.15, 0.2) is 0 Å². The Morgan fingerprint density at radius 1 is 0.707 bits per heavy atom. The molecule has 324 valence electrons. The minimum atomic E-state index is -1.23. The number of rotatable bonds is 22. The fraction of sp³-hybridized carbons (Fsp3) is 0.698. The lowest BCUT2D eigenvalue weighted by Gasteiger charge is -2.31. The van der Waals surface area contributed by atoms with Gasteiger partial charge in [-0.15, -0.1) is 0 Å². The Kier molecular flexibility index (Phi) is 20.5. The molecule has 2 fully saturated rings. The zero-order valence-electron chi connectivity index (χ0n) is 35.4. The summed E-state index contributed by atoms with van der Waals surface area (Å²) in [6.45, 7) is 11.3. The molecule has 0 bridgehead atoms. The number of hydrogen-bond acceptors (Lipinski definition) is 9. The lowest BCUT2D eigenvalue weighted by molar-refractivity contribution is -0.141. The van der Waals surface area contributed by atoms with Gasteiger partial charge in [0.05, 0.1) is 25.8 Å². The second kappa shape index (κ2) is 24.9. The van der Waals surface area contributed by atoms with Crippen molar-refractivity contribution in [3.63, 3.8) is 0 Å². The second-order valence-electron chi connectivity index (χ2n) is 16.4. The number of carbonyl (C=O) groups is 7. The Morgan fingerprint density at radius 3 is 1.91 bits per heavy atom. The topological polar surface area (TPSA) is 210 Å². The van der Waals surface area contributed by atoms with Gasteiger partial charge in [-0.1, -0.05) is 91.7 Å². The lowest BCUT2D eigenvalue weighted by atomic mass is 9.83. The van der Waals surface area contributed by atoms with Crippen LogP contribution in [0, 0.1) is 17.8 Å². The Bertz CT molecular complexity index is 1510. The number of Topliss-reactive ketones (excluding diaryl/α,β-unsaturated/α-hetero) is 1. The molecule has 3 unspecified atom stereocenters. The summed E-state index contributed by atoms with van der Waals surface area (Å²) in [7, 11) is 0. The SMILES string of the molecule is CCCC(NC(=O)C(CC(C)C)NC(=O)[C@@H](NC(=O)OCC(C)C)C1CCCCC1)C(=O)C(=O)NCC(=O)NC(C(=O)NC1CCCCC1)c1ccc(OCC)cc1. The van der Waals surface area contributed by atoms with Gasteiger partial charge >= 0.3 is 6.09 Å². The van der Waals surface area contributed by atoms with Crippen molar-refractivity contribution in [2.45, 2.75) is 155 Å². The van der Waals surface area contributed by atoms with E-state index in [0.29, 0.717) is 24.3 Å². The van der Waals surface area contributed by atoms with E-state index in [0.717, 1.165) is 64.2 Å². The predicted octanol–water partition coefficient (Wildman–Crippen LogP) is 4.52. The summed E-state index contributed by atoms with van der Waals surface area (Å²) >= 11 is 0. The Balaban J connectivity index is 1.67. The van der Waals surface area contributed by atoms with E-state index in [2.05, 4.69) is 31.9 Å². The van der Waals surface area contributed by atoms with Gasteiger partial charge in [0.25, 0.3) is 5.91 Å². The summed E-state index contributed by atoms with van der Waals surface area (Å²) in [6.07, 6.45) is 9.25. The number of alkyl carbamates (subject to hydrolysis) is 1. The average Bonchev–Trinajstić information content (AvgIpc) is 3.20. The maximum absolute atomic E-state index is 13.8. The summed E-state index contributed by atoms with van der Waals surface area (Å²) in [5, 5.41) is 16.3. The molecular formula is C43H68N6O9. The minimum Gasteiger partial charge on any atom is -0.494 e. The van der Waals surface area contributed by atoms with Gasteiger partial charge in [0, 0.05) is 6.04 Å². The molecule has 2 saturated carbocycles. The number of hydrogen-bond donors (Lipinski definition) is 6. The first-order valence-electron chi connectivity index (χ1n) is 21.4. The van der Waals surface area contributed by atoms with Gasteiger partial charge in [-0.05, 0) is 80.9 Å². The molecule has 2 aliphatic rings. The molecule has 1 aromatic rings. The highest BCUT2D eigenvalue weighted by Crippen LogP contribution is 2.27. The van der Waals surface area contributed by atoms with E-state index in [4.69, 9.17) is 9.47 Å². The monoisotopic (exact) mass is 813 g/mol. The molecule has 58 heavy (non-hydrogen) atoms. The highest BCUT2D eigenvalue weighted by atomic mass is 16.5. The molecule has 0 radical (unpaired) electrons. The van der Waals surface area contributed by atoms with Crippen molar-refractivity contribution in [2.24, 2.45) is 17.8 Å². The summed E-state index contributed by atoms with van der Waals surface area (Å²) < 4.78 is 10.8. The molecule has 0 aromatic heterocycles. The number of amides is 6. The van der Waals surface area contributed by atoms with Gasteiger partial charge in [-0.2, -0.15) is 0 Å². The molecule has 6 N–H and O–H groups in total. The van der Waals surface area contributed by atoms with Crippen LogP contribution in [0.15, 0.2) is 24.3 Å². The van der Waals surface area contributed by atoms with Crippen molar-refractivity contribution in [1.82, 2.24) is 31.9 Å². The third kappa shape index (κ3) is 16.3. The fourth-order valence-corrected chi connectivity index (χ4v) is 7.44. The number of ketones is 1. The van der Waals surface area contributed by atoms with E-state index in [1.165, 1.54) is 0 Å². The van der Waals surface area contributed by atoms with Gasteiger partial charge in [-0.25, -0.2) is 4.79 Å². The van der Waals surface area contributed by atoms with E-state index in [-0.39, 0.29) is 49.2 Å². The van der Waals surface area contributed by atoms with Gasteiger partial charge in [0.2, 0.25) is 29.4 Å². The Morgan fingerprint density at radius 2 is 1.33 bits per heavy atom. The molecule has 4 atom stereocenters. The molecular weight excluding hydrogens is 745 g/mol. The van der Waals surface area contributed by atoms with Crippen LogP contribution in [0.1, 0.15) is 137 Å². The van der Waals surface area contributed by atoms with Crippen LogP contribution in [0.25, 0.3) is 0 Å². The molecule has 1 aromatic carbocycles. The summed E-state index contributed by atoms with van der Waals surface area (Å²) in [5.41, 5.74) is 0.521. The van der Waals surface area contributed by atoms with Crippen molar-refractivity contribution in [3.8, 4) is 5.75 Å². The maximum Gasteiger partial charge on any atom is 0.407 e. The van der Waals surface area contributed by atoms with Crippen LogP contribution in [-0.2, 0) is 33.5 Å². The predicted molar refractivity (Wildman–Crippen MR) is 219 cm³/mol. The summed E-state index contributed by atoms with van der Waals surface area (Å²) in [4.78, 5) is 93.6. The second-order valence-corrected chi connectivity index (χ2v) is 16.4. The van der Waals surface area contributed by atoms with E-state index < -0.39 is 66.2 Å². The molecule has 6 amide bonds. The molecule has 0 saturated heterocycles. The first-order chi connectivity index (χ1) is 27.7. The molecule has 3 rings (SSSR count). The largest absolute Gasteiger partial charge is 0.494 e. The van der Waals surface area contributed by atoms with Crippen molar-refractivity contribution in [1.29, 1.82) is 0 Å². The standard InChI is InChI=1S/C43H68N6O9/c1-7-15-33(46-39(52)34(24-27(3)4)47-41(54)37(29-16-11-9-12-17-29)49-43(56)58-26-28(5)6)38(51)42(55)44-25-35(50)48-36(30-20-22-32(23-21-30)57-8-2)40(53)45-31-18-13-10-14-19-31/h20-23,27-29,31,33-34,36-37H,7-19,24-26H2,1-6H3,(H,44,55)(H,45,53)(H,46,52)(H,47,54)(H,48,50)(H,49,56)/t33?,34?,36?,37-/m0/s1. The van der Waals surface area contributed by atoms with Crippen LogP contribution >= 0.6 is 0 Å². The molecule has 15 nitrogen and oxygen atoms in total. The normalized spacial score (nSPS) is 16.9. The Labute approximate surface area is 344 Å². The van der Waals surface area contributed by atoms with Crippen molar-refractivity contribution < 1.29 is 43.0 Å². The zero-order valence-corrected chi connectivity index (χ0v) is 35.4. The molecule has 15 heteroatoms. The number of nitrogens with one attached hydrogen (secondary N) is 6. The first-order valence-corrected chi connectivity index (χ1v) is 21.4. The van der Waals surface area contributed by atoms with Gasteiger partial charge < -0.3 is 41.4 Å². The highest BCUT2D eigenvalue weighted by molar-refractivity contribution is 6.38. The quantitative estimate of drug-likeness (QED) is 0.0908. The zero-order chi connectivity index (χ0) is 42.6. The molecule has 0 aliphatic heterocycles. The summed E-state index contributed by atoms with van der Waals surface area (Å²) in [6, 6.07) is 2.53. The van der Waals surface area contributed by atoms with Crippen molar-refractivity contribution >= 4 is 41.4 Å². The molecule has 0 heterocycles. The van der Waals surface area contributed by atoms with E-state index in [1.54, 1.807) is 31.2 Å². The molecule has 2 aliphatic carbocycles. The van der Waals surface area contributed by atoms with Crippen LogP contribution in [0.3, 0.4) is 0 Å². The van der Waals surface area contributed by atoms with Crippen LogP contribution in [0.4, 0.5) is 4.79 Å². The maximum atomic E-state index is 13.8.